The molecular formula is C31H31FN6O4. The Hall–Kier alpha value is -4.74. The van der Waals surface area contributed by atoms with Crippen LogP contribution >= 0.6 is 0 Å². The molecule has 1 aliphatic heterocycles. The first-order valence-corrected chi connectivity index (χ1v) is 13.7. The molecule has 216 valence electrons. The van der Waals surface area contributed by atoms with Crippen molar-refractivity contribution in [3.8, 4) is 17.1 Å². The third-order valence-electron chi connectivity index (χ3n) is 7.10. The standard InChI is InChI=1S/C31H31FN6O4/c32-24-10-8-22(9-11-24)27-23(12-14-37-15-17-42-18-16-37)20-38(36-27)30-25(7-4-13-34-30)31(41)35-26(28(39)29(33)40)19-21-5-2-1-3-6-21/h1-11,13,20,26H,12,14-19H2,(H2,33,40)(H,35,41). The highest BCUT2D eigenvalue weighted by molar-refractivity contribution is 6.38. The van der Waals surface area contributed by atoms with Gasteiger partial charge in [0, 0.05) is 44.0 Å². The van der Waals surface area contributed by atoms with Gasteiger partial charge in [0.1, 0.15) is 11.9 Å². The molecule has 42 heavy (non-hydrogen) atoms. The van der Waals surface area contributed by atoms with Gasteiger partial charge in [0.25, 0.3) is 11.8 Å². The van der Waals surface area contributed by atoms with Crippen LogP contribution in [0.5, 0.6) is 0 Å². The zero-order chi connectivity index (χ0) is 29.5. The number of ether oxygens (including phenoxy) is 1. The Morgan fingerprint density at radius 3 is 2.45 bits per heavy atom. The molecule has 0 spiro atoms. The average Bonchev–Trinajstić information content (AvgIpc) is 3.44. The number of nitrogens with two attached hydrogens (primary N) is 1. The fourth-order valence-corrected chi connectivity index (χ4v) is 4.88. The highest BCUT2D eigenvalue weighted by atomic mass is 19.1. The first kappa shape index (κ1) is 28.8. The van der Waals surface area contributed by atoms with Crippen molar-refractivity contribution in [2.45, 2.75) is 18.9 Å². The molecule has 2 aromatic heterocycles. The SMILES string of the molecule is NC(=O)C(=O)C(Cc1ccccc1)NC(=O)c1cccnc1-n1cc(CCN2CCOCC2)c(-c2ccc(F)cc2)n1. The van der Waals surface area contributed by atoms with Crippen molar-refractivity contribution < 1.29 is 23.5 Å². The van der Waals surface area contributed by atoms with Crippen molar-refractivity contribution >= 4 is 17.6 Å². The molecule has 1 saturated heterocycles. The number of morpholine rings is 1. The number of primary amides is 1. The molecule has 3 heterocycles. The maximum Gasteiger partial charge on any atom is 0.287 e. The number of Topliss-reactive ketones (excluding diaryl/α,β-unsaturated/α-hetero) is 1. The van der Waals surface area contributed by atoms with Gasteiger partial charge >= 0.3 is 0 Å². The van der Waals surface area contributed by atoms with Crippen LogP contribution in [0.2, 0.25) is 0 Å². The largest absolute Gasteiger partial charge is 0.379 e. The monoisotopic (exact) mass is 570 g/mol. The Bertz CT molecular complexity index is 1550. The fourth-order valence-electron chi connectivity index (χ4n) is 4.88. The lowest BCUT2D eigenvalue weighted by atomic mass is 10.0. The molecule has 1 fully saturated rings. The van der Waals surface area contributed by atoms with E-state index in [0.717, 1.165) is 36.3 Å². The van der Waals surface area contributed by atoms with Crippen LogP contribution in [0.1, 0.15) is 21.5 Å². The first-order chi connectivity index (χ1) is 20.4. The minimum Gasteiger partial charge on any atom is -0.379 e. The second-order valence-corrected chi connectivity index (χ2v) is 9.98. The topological polar surface area (TPSA) is 132 Å². The van der Waals surface area contributed by atoms with Crippen LogP contribution < -0.4 is 11.1 Å². The molecule has 2 aromatic carbocycles. The molecule has 1 aliphatic rings. The van der Waals surface area contributed by atoms with Crippen LogP contribution in [0.3, 0.4) is 0 Å². The Balaban J connectivity index is 1.45. The third-order valence-corrected chi connectivity index (χ3v) is 7.10. The number of carbonyl (C=O) groups excluding carboxylic acids is 3. The number of pyridine rings is 1. The van der Waals surface area contributed by atoms with Gasteiger partial charge in [-0.3, -0.25) is 19.3 Å². The molecule has 1 atom stereocenters. The molecule has 4 aromatic rings. The Kier molecular flexibility index (Phi) is 9.10. The number of rotatable bonds is 11. The highest BCUT2D eigenvalue weighted by Gasteiger charge is 2.27. The van der Waals surface area contributed by atoms with Crippen LogP contribution in [0.15, 0.2) is 79.1 Å². The number of hydrogen-bond donors (Lipinski definition) is 2. The molecule has 0 saturated carbocycles. The molecule has 0 bridgehead atoms. The lowest BCUT2D eigenvalue weighted by Gasteiger charge is -2.26. The van der Waals surface area contributed by atoms with E-state index in [1.54, 1.807) is 48.5 Å². The molecule has 3 N–H and O–H groups in total. The molecule has 1 unspecified atom stereocenters. The zero-order valence-corrected chi connectivity index (χ0v) is 22.9. The number of aromatic nitrogens is 3. The summed E-state index contributed by atoms with van der Waals surface area (Å²) in [6, 6.07) is 17.1. The van der Waals surface area contributed by atoms with Crippen molar-refractivity contribution in [2.24, 2.45) is 5.73 Å². The van der Waals surface area contributed by atoms with Crippen molar-refractivity contribution in [3.05, 3.63) is 102 Å². The molecule has 10 nitrogen and oxygen atoms in total. The van der Waals surface area contributed by atoms with Crippen molar-refractivity contribution in [1.82, 2.24) is 25.0 Å². The van der Waals surface area contributed by atoms with Gasteiger partial charge in [-0.25, -0.2) is 14.1 Å². The normalized spacial score (nSPS) is 14.3. The number of ketones is 1. The Morgan fingerprint density at radius 2 is 1.74 bits per heavy atom. The number of amides is 2. The maximum atomic E-state index is 13.7. The fraction of sp³-hybridized carbons (Fsp3) is 0.258. The molecule has 11 heteroatoms. The van der Waals surface area contributed by atoms with E-state index >= 15 is 0 Å². The molecule has 5 rings (SSSR count). The van der Waals surface area contributed by atoms with Gasteiger partial charge in [0.2, 0.25) is 5.78 Å². The summed E-state index contributed by atoms with van der Waals surface area (Å²) in [5, 5.41) is 7.43. The van der Waals surface area contributed by atoms with Gasteiger partial charge in [-0.2, -0.15) is 5.10 Å². The van der Waals surface area contributed by atoms with Crippen LogP contribution in [-0.4, -0.2) is 76.2 Å². The second kappa shape index (κ2) is 13.3. The van der Waals surface area contributed by atoms with Crippen LogP contribution in [0.25, 0.3) is 17.1 Å². The molecule has 2 amide bonds. The van der Waals surface area contributed by atoms with E-state index in [1.165, 1.54) is 23.0 Å². The minimum absolute atomic E-state index is 0.0894. The number of benzene rings is 2. The predicted octanol–water partition coefficient (Wildman–Crippen LogP) is 2.34. The van der Waals surface area contributed by atoms with E-state index in [-0.39, 0.29) is 23.6 Å². The summed E-state index contributed by atoms with van der Waals surface area (Å²) in [7, 11) is 0. The van der Waals surface area contributed by atoms with Gasteiger partial charge in [-0.15, -0.1) is 0 Å². The van der Waals surface area contributed by atoms with E-state index in [2.05, 4.69) is 15.2 Å². The maximum absolute atomic E-state index is 13.7. The summed E-state index contributed by atoms with van der Waals surface area (Å²) < 4.78 is 20.7. The second-order valence-electron chi connectivity index (χ2n) is 9.98. The van der Waals surface area contributed by atoms with E-state index in [9.17, 15) is 18.8 Å². The first-order valence-electron chi connectivity index (χ1n) is 13.7. The lowest BCUT2D eigenvalue weighted by Crippen LogP contribution is -2.47. The molecule has 0 aliphatic carbocycles. The lowest BCUT2D eigenvalue weighted by molar-refractivity contribution is -0.137. The van der Waals surface area contributed by atoms with Gasteiger partial charge < -0.3 is 15.8 Å². The molecule has 0 radical (unpaired) electrons. The predicted molar refractivity (Wildman–Crippen MR) is 153 cm³/mol. The number of nitrogens with one attached hydrogen (secondary N) is 1. The summed E-state index contributed by atoms with van der Waals surface area (Å²) in [5.41, 5.74) is 8.47. The van der Waals surface area contributed by atoms with E-state index < -0.39 is 23.6 Å². The van der Waals surface area contributed by atoms with Crippen LogP contribution in [0.4, 0.5) is 4.39 Å². The summed E-state index contributed by atoms with van der Waals surface area (Å²) in [5.74, 6) is -2.76. The third kappa shape index (κ3) is 6.93. The summed E-state index contributed by atoms with van der Waals surface area (Å²) in [6.45, 7) is 3.80. The average molecular weight is 571 g/mol. The minimum atomic E-state index is -1.16. The highest BCUT2D eigenvalue weighted by Crippen LogP contribution is 2.25. The van der Waals surface area contributed by atoms with Gasteiger partial charge in [-0.05, 0) is 53.9 Å². The van der Waals surface area contributed by atoms with Crippen molar-refractivity contribution in [3.63, 3.8) is 0 Å². The van der Waals surface area contributed by atoms with Crippen LogP contribution in [0, 0.1) is 5.82 Å². The summed E-state index contributed by atoms with van der Waals surface area (Å²) >= 11 is 0. The number of carbonyl (C=O) groups is 3. The quantitative estimate of drug-likeness (QED) is 0.265. The zero-order valence-electron chi connectivity index (χ0n) is 22.9. The number of hydrogen-bond acceptors (Lipinski definition) is 7. The Labute approximate surface area is 242 Å². The van der Waals surface area contributed by atoms with Crippen LogP contribution in [-0.2, 0) is 27.2 Å². The van der Waals surface area contributed by atoms with Gasteiger partial charge in [0.15, 0.2) is 5.82 Å². The smallest absolute Gasteiger partial charge is 0.287 e. The number of nitrogens with zero attached hydrogens (tertiary/aromatic N) is 4. The van der Waals surface area contributed by atoms with Crippen molar-refractivity contribution in [2.75, 3.05) is 32.8 Å². The Morgan fingerprint density at radius 1 is 1.00 bits per heavy atom. The van der Waals surface area contributed by atoms with E-state index in [0.29, 0.717) is 25.3 Å². The summed E-state index contributed by atoms with van der Waals surface area (Å²) in [6.07, 6.45) is 4.10. The molecular weight excluding hydrogens is 539 g/mol. The van der Waals surface area contributed by atoms with Crippen molar-refractivity contribution in [1.29, 1.82) is 0 Å². The van der Waals surface area contributed by atoms with E-state index in [1.807, 2.05) is 12.3 Å². The van der Waals surface area contributed by atoms with Gasteiger partial charge in [0.05, 0.1) is 24.5 Å². The summed E-state index contributed by atoms with van der Waals surface area (Å²) in [4.78, 5) is 44.7. The van der Waals surface area contributed by atoms with Gasteiger partial charge in [-0.1, -0.05) is 30.3 Å². The van der Waals surface area contributed by atoms with E-state index in [4.69, 9.17) is 15.6 Å². The number of halogens is 1.